The molecule has 1 aromatic heterocycles. The predicted octanol–water partition coefficient (Wildman–Crippen LogP) is 3.68. The van der Waals surface area contributed by atoms with Crippen LogP contribution < -0.4 is 15.5 Å². The summed E-state index contributed by atoms with van der Waals surface area (Å²) in [7, 11) is -3.35. The Hall–Kier alpha value is -3.43. The molecule has 0 aliphatic carbocycles. The van der Waals surface area contributed by atoms with Crippen LogP contribution in [0.15, 0.2) is 77.8 Å². The number of rotatable bonds is 8. The second-order valence-corrected chi connectivity index (χ2v) is 12.0. The van der Waals surface area contributed by atoms with E-state index >= 15 is 0 Å². The highest BCUT2D eigenvalue weighted by molar-refractivity contribution is 7.90. The highest BCUT2D eigenvalue weighted by atomic mass is 35.5. The smallest absolute Gasteiger partial charge is 0.251 e. The summed E-state index contributed by atoms with van der Waals surface area (Å²) in [6.45, 7) is 3.37. The van der Waals surface area contributed by atoms with Gasteiger partial charge in [0.05, 0.1) is 16.9 Å². The van der Waals surface area contributed by atoms with Crippen LogP contribution in [0.4, 0.5) is 5.82 Å². The van der Waals surface area contributed by atoms with Crippen LogP contribution in [0.25, 0.3) is 0 Å². The Balaban J connectivity index is 1.48. The van der Waals surface area contributed by atoms with Gasteiger partial charge in [-0.3, -0.25) is 9.59 Å². The molecule has 10 heteroatoms. The lowest BCUT2D eigenvalue weighted by Gasteiger charge is -2.39. The van der Waals surface area contributed by atoms with Crippen molar-refractivity contribution in [1.29, 1.82) is 0 Å². The van der Waals surface area contributed by atoms with Crippen molar-refractivity contribution in [3.63, 3.8) is 0 Å². The topological polar surface area (TPSA) is 108 Å². The van der Waals surface area contributed by atoms with Gasteiger partial charge in [0.15, 0.2) is 9.84 Å². The number of hydrogen-bond donors (Lipinski definition) is 2. The average Bonchev–Trinajstić information content (AvgIpc) is 2.91. The minimum atomic E-state index is -3.35. The third-order valence-corrected chi connectivity index (χ3v) is 8.20. The quantitative estimate of drug-likeness (QED) is 0.440. The maximum absolute atomic E-state index is 13.1. The van der Waals surface area contributed by atoms with E-state index in [4.69, 9.17) is 11.6 Å². The highest BCUT2D eigenvalue weighted by Gasteiger charge is 2.32. The van der Waals surface area contributed by atoms with Crippen molar-refractivity contribution in [1.82, 2.24) is 15.6 Å². The Kier molecular flexibility index (Phi) is 8.69. The SMILES string of the molecule is C[C@H](C(=O)NCC1CCN(c2ccc(S(C)(=O)=O)cn2)CC1NC(=O)c1cccc(Cl)c1)c1ccccc1. The largest absolute Gasteiger partial charge is 0.355 e. The summed E-state index contributed by atoms with van der Waals surface area (Å²) in [5, 5.41) is 6.66. The molecule has 1 aliphatic rings. The molecule has 8 nitrogen and oxygen atoms in total. The Labute approximate surface area is 228 Å². The van der Waals surface area contributed by atoms with Gasteiger partial charge in [-0.25, -0.2) is 13.4 Å². The normalized spacial score (nSPS) is 18.4. The van der Waals surface area contributed by atoms with Gasteiger partial charge in [0, 0.05) is 42.7 Å². The molecule has 2 N–H and O–H groups in total. The molecule has 1 saturated heterocycles. The van der Waals surface area contributed by atoms with Crippen LogP contribution in [0.1, 0.15) is 35.2 Å². The van der Waals surface area contributed by atoms with Crippen LogP contribution in [-0.2, 0) is 14.6 Å². The molecule has 2 heterocycles. The number of anilines is 1. The van der Waals surface area contributed by atoms with Crippen LogP contribution in [0, 0.1) is 5.92 Å². The molecular formula is C28H31ClN4O4S. The number of carbonyl (C=O) groups excluding carboxylic acids is 2. The number of piperidine rings is 1. The molecule has 0 radical (unpaired) electrons. The van der Waals surface area contributed by atoms with E-state index in [1.165, 1.54) is 12.3 Å². The molecule has 2 amide bonds. The van der Waals surface area contributed by atoms with Gasteiger partial charge in [-0.2, -0.15) is 0 Å². The zero-order valence-electron chi connectivity index (χ0n) is 21.3. The zero-order valence-corrected chi connectivity index (χ0v) is 22.9. The molecule has 3 atom stereocenters. The number of pyridine rings is 1. The van der Waals surface area contributed by atoms with Crippen LogP contribution >= 0.6 is 11.6 Å². The van der Waals surface area contributed by atoms with E-state index in [1.54, 1.807) is 30.3 Å². The molecule has 2 aromatic carbocycles. The van der Waals surface area contributed by atoms with Gasteiger partial charge in [-0.05, 0) is 55.2 Å². The summed E-state index contributed by atoms with van der Waals surface area (Å²) in [6, 6.07) is 19.3. The molecule has 1 aliphatic heterocycles. The highest BCUT2D eigenvalue weighted by Crippen LogP contribution is 2.24. The number of hydrogen-bond acceptors (Lipinski definition) is 6. The summed E-state index contributed by atoms with van der Waals surface area (Å²) in [6.07, 6.45) is 3.18. The first-order chi connectivity index (χ1) is 18.1. The maximum Gasteiger partial charge on any atom is 0.251 e. The molecule has 0 bridgehead atoms. The van der Waals surface area contributed by atoms with E-state index in [1.807, 2.05) is 42.2 Å². The minimum absolute atomic E-state index is 0.0170. The van der Waals surface area contributed by atoms with Crippen molar-refractivity contribution in [2.75, 3.05) is 30.8 Å². The molecule has 0 spiro atoms. The molecular weight excluding hydrogens is 524 g/mol. The Morgan fingerprint density at radius 2 is 1.87 bits per heavy atom. The lowest BCUT2D eigenvalue weighted by Crippen LogP contribution is -2.55. The second kappa shape index (κ2) is 12.0. The van der Waals surface area contributed by atoms with Gasteiger partial charge in [-0.15, -0.1) is 0 Å². The monoisotopic (exact) mass is 554 g/mol. The second-order valence-electron chi connectivity index (χ2n) is 9.59. The number of halogens is 1. The van der Waals surface area contributed by atoms with Gasteiger partial charge in [-0.1, -0.05) is 48.0 Å². The fourth-order valence-electron chi connectivity index (χ4n) is 4.55. The van der Waals surface area contributed by atoms with E-state index < -0.39 is 9.84 Å². The number of nitrogens with one attached hydrogen (secondary N) is 2. The Morgan fingerprint density at radius 1 is 1.11 bits per heavy atom. The first-order valence-electron chi connectivity index (χ1n) is 12.4. The fourth-order valence-corrected chi connectivity index (χ4v) is 5.30. The van der Waals surface area contributed by atoms with E-state index in [0.717, 1.165) is 11.8 Å². The van der Waals surface area contributed by atoms with E-state index in [2.05, 4.69) is 15.6 Å². The third-order valence-electron chi connectivity index (χ3n) is 6.86. The van der Waals surface area contributed by atoms with Crippen LogP contribution in [0.3, 0.4) is 0 Å². The predicted molar refractivity (Wildman–Crippen MR) is 148 cm³/mol. The van der Waals surface area contributed by atoms with Crippen molar-refractivity contribution in [2.24, 2.45) is 5.92 Å². The van der Waals surface area contributed by atoms with Gasteiger partial charge in [0.25, 0.3) is 5.91 Å². The number of sulfone groups is 1. The van der Waals surface area contributed by atoms with Crippen molar-refractivity contribution < 1.29 is 18.0 Å². The number of amides is 2. The molecule has 200 valence electrons. The summed E-state index contributed by atoms with van der Waals surface area (Å²) in [4.78, 5) is 32.5. The summed E-state index contributed by atoms with van der Waals surface area (Å²) in [5.41, 5.74) is 1.39. The number of carbonyl (C=O) groups is 2. The molecule has 1 fully saturated rings. The molecule has 3 aromatic rings. The minimum Gasteiger partial charge on any atom is -0.355 e. The van der Waals surface area contributed by atoms with Crippen LogP contribution in [0.5, 0.6) is 0 Å². The van der Waals surface area contributed by atoms with Gasteiger partial charge < -0.3 is 15.5 Å². The molecule has 2 unspecified atom stereocenters. The third kappa shape index (κ3) is 6.90. The summed E-state index contributed by atoms with van der Waals surface area (Å²) in [5.74, 6) is -0.0187. The van der Waals surface area contributed by atoms with E-state index in [0.29, 0.717) is 42.5 Å². The van der Waals surface area contributed by atoms with Crippen molar-refractivity contribution in [3.8, 4) is 0 Å². The Morgan fingerprint density at radius 3 is 2.53 bits per heavy atom. The first-order valence-corrected chi connectivity index (χ1v) is 14.7. The zero-order chi connectivity index (χ0) is 27.3. The van der Waals surface area contributed by atoms with Crippen LogP contribution in [0.2, 0.25) is 5.02 Å². The van der Waals surface area contributed by atoms with Crippen molar-refractivity contribution in [3.05, 3.63) is 89.1 Å². The van der Waals surface area contributed by atoms with Crippen molar-refractivity contribution >= 4 is 39.1 Å². The average molecular weight is 555 g/mol. The van der Waals surface area contributed by atoms with Gasteiger partial charge >= 0.3 is 0 Å². The standard InChI is InChI=1S/C28H31ClN4O4S/c1-19(20-7-4-3-5-8-20)27(34)31-16-22-13-14-33(26-12-11-24(17-30-26)38(2,36)37)18-25(22)32-28(35)21-9-6-10-23(29)15-21/h3-12,15,17,19,22,25H,13-14,16,18H2,1-2H3,(H,31,34)(H,32,35)/t19-,22?,25?/m0/s1. The summed E-state index contributed by atoms with van der Waals surface area (Å²) < 4.78 is 23.6. The summed E-state index contributed by atoms with van der Waals surface area (Å²) >= 11 is 6.09. The van der Waals surface area contributed by atoms with E-state index in [-0.39, 0.29) is 34.6 Å². The first kappa shape index (κ1) is 27.6. The Bertz CT molecular complexity index is 1380. The number of benzene rings is 2. The van der Waals surface area contributed by atoms with Gasteiger partial charge in [0.1, 0.15) is 5.82 Å². The molecule has 0 saturated carbocycles. The van der Waals surface area contributed by atoms with Crippen molar-refractivity contribution in [2.45, 2.75) is 30.2 Å². The van der Waals surface area contributed by atoms with Gasteiger partial charge in [0.2, 0.25) is 5.91 Å². The fraction of sp³-hybridized carbons (Fsp3) is 0.321. The number of aromatic nitrogens is 1. The number of nitrogens with zero attached hydrogens (tertiary/aromatic N) is 2. The van der Waals surface area contributed by atoms with Crippen LogP contribution in [-0.4, -0.2) is 57.1 Å². The lowest BCUT2D eigenvalue weighted by molar-refractivity contribution is -0.122. The molecule has 38 heavy (non-hydrogen) atoms. The maximum atomic E-state index is 13.1. The van der Waals surface area contributed by atoms with E-state index in [9.17, 15) is 18.0 Å². The lowest BCUT2D eigenvalue weighted by atomic mass is 9.90. The molecule has 4 rings (SSSR count).